The summed E-state index contributed by atoms with van der Waals surface area (Å²) in [5.41, 5.74) is 9.88. The second-order valence-electron chi connectivity index (χ2n) is 6.03. The summed E-state index contributed by atoms with van der Waals surface area (Å²) in [6, 6.07) is 9.24. The summed E-state index contributed by atoms with van der Waals surface area (Å²) in [6.45, 7) is 3.78. The van der Waals surface area contributed by atoms with E-state index in [9.17, 15) is 9.59 Å². The number of nitrogens with two attached hydrogens (primary N) is 1. The number of rotatable bonds is 7. The SMILES string of the molecule is CCOC(=O)C1=C(SC)S[C@@H](/C(C(=O)OCC)=C2/NN=C(c3ccccc3)O2)N=C1N. The van der Waals surface area contributed by atoms with Crippen LogP contribution >= 0.6 is 23.5 Å². The molecule has 31 heavy (non-hydrogen) atoms. The summed E-state index contributed by atoms with van der Waals surface area (Å²) in [7, 11) is 0. The summed E-state index contributed by atoms with van der Waals surface area (Å²) in [4.78, 5) is 29.5. The minimum Gasteiger partial charge on any atom is -0.462 e. The molecule has 0 saturated carbocycles. The molecule has 0 aliphatic carbocycles. The van der Waals surface area contributed by atoms with Crippen LogP contribution in [0.5, 0.6) is 0 Å². The van der Waals surface area contributed by atoms with Crippen molar-refractivity contribution in [3.63, 3.8) is 0 Å². The zero-order valence-corrected chi connectivity index (χ0v) is 18.8. The van der Waals surface area contributed by atoms with Crippen molar-refractivity contribution in [1.82, 2.24) is 5.43 Å². The lowest BCUT2D eigenvalue weighted by Crippen LogP contribution is -2.31. The average molecular weight is 463 g/mol. The van der Waals surface area contributed by atoms with Gasteiger partial charge in [-0.1, -0.05) is 30.0 Å². The molecule has 2 heterocycles. The van der Waals surface area contributed by atoms with Crippen molar-refractivity contribution in [2.75, 3.05) is 19.5 Å². The fraction of sp³-hybridized carbons (Fsp3) is 0.300. The Morgan fingerprint density at radius 1 is 1.23 bits per heavy atom. The summed E-state index contributed by atoms with van der Waals surface area (Å²) >= 11 is 2.50. The van der Waals surface area contributed by atoms with Crippen LogP contribution in [0.3, 0.4) is 0 Å². The van der Waals surface area contributed by atoms with Gasteiger partial charge in [0, 0.05) is 5.56 Å². The smallest absolute Gasteiger partial charge is 0.343 e. The first kappa shape index (κ1) is 22.8. The summed E-state index contributed by atoms with van der Waals surface area (Å²) in [5, 5.41) is 3.37. The van der Waals surface area contributed by atoms with Crippen molar-refractivity contribution >= 4 is 47.2 Å². The van der Waals surface area contributed by atoms with Gasteiger partial charge < -0.3 is 19.9 Å². The molecule has 3 N–H and O–H groups in total. The maximum Gasteiger partial charge on any atom is 0.343 e. The van der Waals surface area contributed by atoms with E-state index in [1.807, 2.05) is 30.3 Å². The van der Waals surface area contributed by atoms with Crippen molar-refractivity contribution in [1.29, 1.82) is 0 Å². The number of amidine groups is 1. The van der Waals surface area contributed by atoms with Gasteiger partial charge >= 0.3 is 11.9 Å². The van der Waals surface area contributed by atoms with Gasteiger partial charge in [0.1, 0.15) is 22.4 Å². The average Bonchev–Trinajstić information content (AvgIpc) is 3.24. The molecule has 0 amide bonds. The van der Waals surface area contributed by atoms with Crippen molar-refractivity contribution in [2.45, 2.75) is 19.2 Å². The number of esters is 2. The fourth-order valence-corrected chi connectivity index (χ4v) is 4.77. The zero-order chi connectivity index (χ0) is 22.4. The molecule has 3 rings (SSSR count). The maximum atomic E-state index is 12.8. The van der Waals surface area contributed by atoms with Gasteiger partial charge in [-0.25, -0.2) is 20.0 Å². The van der Waals surface area contributed by atoms with Crippen LogP contribution in [-0.2, 0) is 23.8 Å². The number of aliphatic imine (C=N–C) groups is 1. The van der Waals surface area contributed by atoms with Crippen molar-refractivity contribution in [2.24, 2.45) is 15.8 Å². The molecule has 2 aliphatic heterocycles. The topological polar surface area (TPSA) is 125 Å². The van der Waals surface area contributed by atoms with Gasteiger partial charge in [-0.3, -0.25) is 0 Å². The van der Waals surface area contributed by atoms with Crippen LogP contribution in [0.25, 0.3) is 0 Å². The molecule has 11 heteroatoms. The molecule has 1 atom stereocenters. The summed E-state index contributed by atoms with van der Waals surface area (Å²) < 4.78 is 16.7. The van der Waals surface area contributed by atoms with E-state index >= 15 is 0 Å². The molecule has 0 unspecified atom stereocenters. The summed E-state index contributed by atoms with van der Waals surface area (Å²) in [6.07, 6.45) is 1.80. The Bertz CT molecular complexity index is 989. The first-order valence-electron chi connectivity index (χ1n) is 9.44. The third-order valence-electron chi connectivity index (χ3n) is 4.07. The number of ether oxygens (including phenoxy) is 3. The van der Waals surface area contributed by atoms with Crippen LogP contribution in [0.15, 0.2) is 61.7 Å². The van der Waals surface area contributed by atoms with Crippen LogP contribution in [-0.4, -0.2) is 48.5 Å². The Morgan fingerprint density at radius 2 is 1.94 bits per heavy atom. The molecule has 0 bridgehead atoms. The van der Waals surface area contributed by atoms with E-state index in [-0.39, 0.29) is 36.1 Å². The predicted molar refractivity (Wildman–Crippen MR) is 121 cm³/mol. The van der Waals surface area contributed by atoms with Crippen LogP contribution in [0.2, 0.25) is 0 Å². The van der Waals surface area contributed by atoms with Gasteiger partial charge in [0.15, 0.2) is 0 Å². The number of thioether (sulfide) groups is 2. The van der Waals surface area contributed by atoms with E-state index < -0.39 is 17.3 Å². The molecular weight excluding hydrogens is 440 g/mol. The van der Waals surface area contributed by atoms with E-state index in [2.05, 4.69) is 15.5 Å². The van der Waals surface area contributed by atoms with Crippen LogP contribution in [0.1, 0.15) is 19.4 Å². The number of nitrogens with zero attached hydrogens (tertiary/aromatic N) is 2. The number of nitrogens with one attached hydrogen (secondary N) is 1. The van der Waals surface area contributed by atoms with Gasteiger partial charge in [-0.2, -0.15) is 0 Å². The molecule has 9 nitrogen and oxygen atoms in total. The first-order chi connectivity index (χ1) is 15.0. The predicted octanol–water partition coefficient (Wildman–Crippen LogP) is 2.31. The first-order valence-corrected chi connectivity index (χ1v) is 11.5. The molecule has 0 saturated heterocycles. The fourth-order valence-electron chi connectivity index (χ4n) is 2.72. The Morgan fingerprint density at radius 3 is 2.58 bits per heavy atom. The molecular formula is C20H22N4O5S2. The third kappa shape index (κ3) is 5.05. The lowest BCUT2D eigenvalue weighted by Gasteiger charge is -2.23. The highest BCUT2D eigenvalue weighted by Crippen LogP contribution is 2.41. The number of benzene rings is 1. The molecule has 0 radical (unpaired) electrons. The van der Waals surface area contributed by atoms with Gasteiger partial charge in [0.05, 0.1) is 17.5 Å². The van der Waals surface area contributed by atoms with Gasteiger partial charge in [0.25, 0.3) is 0 Å². The minimum atomic E-state index is -0.799. The van der Waals surface area contributed by atoms with E-state index in [4.69, 9.17) is 19.9 Å². The Kier molecular flexibility index (Phi) is 7.64. The molecule has 1 aromatic rings. The van der Waals surface area contributed by atoms with Gasteiger partial charge in [-0.15, -0.1) is 16.9 Å². The van der Waals surface area contributed by atoms with E-state index in [1.165, 1.54) is 23.5 Å². The highest BCUT2D eigenvalue weighted by atomic mass is 32.2. The van der Waals surface area contributed by atoms with E-state index in [0.717, 1.165) is 5.56 Å². The van der Waals surface area contributed by atoms with Crippen LogP contribution in [0.4, 0.5) is 0 Å². The van der Waals surface area contributed by atoms with Crippen molar-refractivity contribution in [3.05, 3.63) is 57.2 Å². The van der Waals surface area contributed by atoms with E-state index in [1.54, 1.807) is 20.1 Å². The molecule has 0 spiro atoms. The number of hydrazone groups is 1. The van der Waals surface area contributed by atoms with Crippen molar-refractivity contribution in [3.8, 4) is 0 Å². The number of hydrogen-bond donors (Lipinski definition) is 2. The van der Waals surface area contributed by atoms with E-state index in [0.29, 0.717) is 10.1 Å². The molecule has 0 aromatic heterocycles. The monoisotopic (exact) mass is 462 g/mol. The molecule has 1 aromatic carbocycles. The number of hydrogen-bond acceptors (Lipinski definition) is 11. The third-order valence-corrected chi connectivity index (χ3v) is 6.41. The lowest BCUT2D eigenvalue weighted by molar-refractivity contribution is -0.139. The lowest BCUT2D eigenvalue weighted by atomic mass is 10.2. The Hall–Kier alpha value is -2.92. The highest BCUT2D eigenvalue weighted by Gasteiger charge is 2.37. The van der Waals surface area contributed by atoms with Gasteiger partial charge in [0.2, 0.25) is 11.8 Å². The Balaban J connectivity index is 1.95. The van der Waals surface area contributed by atoms with Crippen LogP contribution in [0, 0.1) is 0 Å². The number of carbonyl (C=O) groups is 2. The van der Waals surface area contributed by atoms with Crippen molar-refractivity contribution < 1.29 is 23.8 Å². The Labute approximate surface area is 188 Å². The maximum absolute atomic E-state index is 12.8. The zero-order valence-electron chi connectivity index (χ0n) is 17.2. The second kappa shape index (κ2) is 10.4. The molecule has 2 aliphatic rings. The molecule has 164 valence electrons. The highest BCUT2D eigenvalue weighted by molar-refractivity contribution is 8.22. The quantitative estimate of drug-likeness (QED) is 0.464. The largest absolute Gasteiger partial charge is 0.462 e. The second-order valence-corrected chi connectivity index (χ2v) is 8.20. The standard InChI is InChI=1S/C20H22N4O5S2/c1-4-27-18(25)12-14(21)22-17(31-20(12)30-3)13(19(26)28-5-2)16-24-23-15(29-16)11-9-7-6-8-10-11/h6-10,17,24H,4-5H2,1-3H3,(H2,21,22)/b16-13+/t17-/m0/s1. The molecule has 0 fully saturated rings. The normalized spacial score (nSPS) is 19.6. The minimum absolute atomic E-state index is 0.0175. The summed E-state index contributed by atoms with van der Waals surface area (Å²) in [5.74, 6) is -0.788. The van der Waals surface area contributed by atoms with Gasteiger partial charge in [-0.05, 0) is 32.2 Å². The number of carbonyl (C=O) groups excluding carboxylic acids is 2. The van der Waals surface area contributed by atoms with Crippen LogP contribution < -0.4 is 11.2 Å².